The molecule has 6 heteroatoms. The summed E-state index contributed by atoms with van der Waals surface area (Å²) >= 11 is 0. The Bertz CT molecular complexity index is 923. The van der Waals surface area contributed by atoms with Crippen LogP contribution in [0.5, 0.6) is 0 Å². The van der Waals surface area contributed by atoms with Crippen molar-refractivity contribution in [3.63, 3.8) is 0 Å². The first-order valence-electron chi connectivity index (χ1n) is 5.66. The number of halogens is 1. The summed E-state index contributed by atoms with van der Waals surface area (Å²) in [4.78, 5) is 14.0. The van der Waals surface area contributed by atoms with Gasteiger partial charge in [0.25, 0.3) is 5.56 Å². The van der Waals surface area contributed by atoms with Crippen LogP contribution in [-0.4, -0.2) is 4.98 Å². The summed E-state index contributed by atoms with van der Waals surface area (Å²) in [5.41, 5.74) is 4.62. The molecule has 0 aliphatic heterocycles. The fourth-order valence-electron chi connectivity index (χ4n) is 1.92. The lowest BCUT2D eigenvalue weighted by atomic mass is 9.95. The Labute approximate surface area is 119 Å². The Morgan fingerprint density at radius 3 is 2.43 bits per heavy atom. The third kappa shape index (κ3) is 2.20. The van der Waals surface area contributed by atoms with Gasteiger partial charge in [0.2, 0.25) is 0 Å². The average Bonchev–Trinajstić information content (AvgIpc) is 2.46. The number of nitrogens with one attached hydrogen (secondary N) is 1. The highest BCUT2D eigenvalue weighted by molar-refractivity contribution is 5.80. The molecule has 3 N–H and O–H groups in total. The zero-order valence-electron chi connectivity index (χ0n) is 10.6. The first-order chi connectivity index (χ1) is 10.0. The highest BCUT2D eigenvalue weighted by atomic mass is 19.1. The van der Waals surface area contributed by atoms with Gasteiger partial charge < -0.3 is 10.7 Å². The van der Waals surface area contributed by atoms with Gasteiger partial charge in [-0.15, -0.1) is 6.42 Å². The minimum absolute atomic E-state index is 0.0104. The molecule has 100 valence electrons. The maximum Gasteiger partial charge on any atom is 0.268 e. The molecular formula is C15H7FN4O. The van der Waals surface area contributed by atoms with Crippen molar-refractivity contribution < 1.29 is 4.39 Å². The summed E-state index contributed by atoms with van der Waals surface area (Å²) in [7, 11) is 0. The maximum atomic E-state index is 13.8. The van der Waals surface area contributed by atoms with Crippen LogP contribution in [0.1, 0.15) is 16.7 Å². The molecule has 0 aliphatic carbocycles. The van der Waals surface area contributed by atoms with E-state index in [1.807, 2.05) is 0 Å². The molecule has 0 fully saturated rings. The number of nitrogens with zero attached hydrogens (tertiary/aromatic N) is 2. The lowest BCUT2D eigenvalue weighted by molar-refractivity contribution is 0.625. The van der Waals surface area contributed by atoms with E-state index in [0.717, 1.165) is 6.07 Å². The van der Waals surface area contributed by atoms with Crippen LogP contribution in [0, 0.1) is 40.8 Å². The van der Waals surface area contributed by atoms with Crippen LogP contribution in [0.15, 0.2) is 23.0 Å². The number of terminal acetylenes is 1. The summed E-state index contributed by atoms with van der Waals surface area (Å²) in [6.07, 6.45) is 5.13. The molecule has 0 radical (unpaired) electrons. The quantitative estimate of drug-likeness (QED) is 0.770. The number of hydrogen-bond acceptors (Lipinski definition) is 4. The van der Waals surface area contributed by atoms with Crippen LogP contribution in [0.3, 0.4) is 0 Å². The minimum Gasteiger partial charge on any atom is -0.384 e. The summed E-state index contributed by atoms with van der Waals surface area (Å²) in [6.45, 7) is 0. The fraction of sp³-hybridized carbons (Fsp3) is 0. The summed E-state index contributed by atoms with van der Waals surface area (Å²) in [6, 6.07) is 7.31. The van der Waals surface area contributed by atoms with Gasteiger partial charge in [-0.25, -0.2) is 4.39 Å². The highest BCUT2D eigenvalue weighted by Gasteiger charge is 2.18. The number of H-pyrrole nitrogens is 1. The lowest BCUT2D eigenvalue weighted by Gasteiger charge is -2.09. The standard InChI is InChI=1S/C15H7FN4O/c1-2-8-3-4-9(5-12(8)16)13-10(6-17)14(19)20-15(21)11(13)7-18/h1,3-5H,(H3,19,20,21). The maximum absolute atomic E-state index is 13.8. The van der Waals surface area contributed by atoms with Gasteiger partial charge in [0.15, 0.2) is 0 Å². The van der Waals surface area contributed by atoms with Crippen LogP contribution >= 0.6 is 0 Å². The van der Waals surface area contributed by atoms with Gasteiger partial charge in [-0.2, -0.15) is 10.5 Å². The van der Waals surface area contributed by atoms with Crippen molar-refractivity contribution in [1.82, 2.24) is 4.98 Å². The summed E-state index contributed by atoms with van der Waals surface area (Å²) in [5.74, 6) is 1.28. The largest absolute Gasteiger partial charge is 0.384 e. The van der Waals surface area contributed by atoms with E-state index >= 15 is 0 Å². The van der Waals surface area contributed by atoms with Gasteiger partial charge in [0.1, 0.15) is 34.9 Å². The van der Waals surface area contributed by atoms with E-state index in [4.69, 9.17) is 22.7 Å². The molecule has 0 saturated heterocycles. The Kier molecular flexibility index (Phi) is 3.44. The predicted octanol–water partition coefficient (Wildman–Crippen LogP) is 1.49. The topological polar surface area (TPSA) is 106 Å². The van der Waals surface area contributed by atoms with Crippen LogP contribution in [-0.2, 0) is 0 Å². The van der Waals surface area contributed by atoms with E-state index < -0.39 is 11.4 Å². The van der Waals surface area contributed by atoms with Crippen molar-refractivity contribution >= 4 is 5.82 Å². The minimum atomic E-state index is -0.745. The predicted molar refractivity (Wildman–Crippen MR) is 74.2 cm³/mol. The molecule has 0 saturated carbocycles. The third-order valence-corrected chi connectivity index (χ3v) is 2.88. The van der Waals surface area contributed by atoms with E-state index in [2.05, 4.69) is 10.9 Å². The molecule has 2 rings (SSSR count). The molecule has 0 amide bonds. The van der Waals surface area contributed by atoms with Gasteiger partial charge in [-0.1, -0.05) is 12.0 Å². The number of pyridine rings is 1. The zero-order valence-corrected chi connectivity index (χ0v) is 10.6. The van der Waals surface area contributed by atoms with Crippen molar-refractivity contribution in [3.8, 4) is 35.6 Å². The first kappa shape index (κ1) is 13.9. The van der Waals surface area contributed by atoms with Crippen molar-refractivity contribution in [2.45, 2.75) is 0 Å². The van der Waals surface area contributed by atoms with Gasteiger partial charge in [0.05, 0.1) is 5.56 Å². The number of benzene rings is 1. The fourth-order valence-corrected chi connectivity index (χ4v) is 1.92. The third-order valence-electron chi connectivity index (χ3n) is 2.88. The SMILES string of the molecule is C#Cc1ccc(-c2c(C#N)c(N)[nH]c(=O)c2C#N)cc1F. The Hall–Kier alpha value is -3.56. The molecule has 0 unspecified atom stereocenters. The number of nitriles is 2. The number of anilines is 1. The van der Waals surface area contributed by atoms with E-state index in [0.29, 0.717) is 0 Å². The van der Waals surface area contributed by atoms with Crippen molar-refractivity contribution in [1.29, 1.82) is 10.5 Å². The van der Waals surface area contributed by atoms with Gasteiger partial charge in [-0.05, 0) is 17.7 Å². The smallest absolute Gasteiger partial charge is 0.268 e. The molecule has 1 aromatic heterocycles. The molecule has 2 aromatic rings. The van der Waals surface area contributed by atoms with Crippen LogP contribution in [0.4, 0.5) is 10.2 Å². The second kappa shape index (κ2) is 5.21. The summed E-state index contributed by atoms with van der Waals surface area (Å²) < 4.78 is 13.8. The van der Waals surface area contributed by atoms with Crippen LogP contribution in [0.2, 0.25) is 0 Å². The number of rotatable bonds is 1. The zero-order chi connectivity index (χ0) is 15.6. The van der Waals surface area contributed by atoms with E-state index in [1.165, 1.54) is 12.1 Å². The second-order valence-corrected chi connectivity index (χ2v) is 4.06. The molecular weight excluding hydrogens is 271 g/mol. The highest BCUT2D eigenvalue weighted by Crippen LogP contribution is 2.29. The lowest BCUT2D eigenvalue weighted by Crippen LogP contribution is -2.16. The van der Waals surface area contributed by atoms with Crippen molar-refractivity contribution in [2.75, 3.05) is 5.73 Å². The normalized spacial score (nSPS) is 9.43. The molecule has 5 nitrogen and oxygen atoms in total. The van der Waals surface area contributed by atoms with E-state index in [-0.39, 0.29) is 33.6 Å². The monoisotopic (exact) mass is 278 g/mol. The van der Waals surface area contributed by atoms with Gasteiger partial charge in [0, 0.05) is 5.56 Å². The number of hydrogen-bond donors (Lipinski definition) is 2. The molecule has 1 heterocycles. The number of aromatic amines is 1. The van der Waals surface area contributed by atoms with Crippen molar-refractivity contribution in [2.24, 2.45) is 0 Å². The molecule has 0 aliphatic rings. The molecule has 21 heavy (non-hydrogen) atoms. The molecule has 0 bridgehead atoms. The van der Waals surface area contributed by atoms with E-state index in [9.17, 15) is 9.18 Å². The Balaban J connectivity index is 2.90. The Morgan fingerprint density at radius 1 is 1.24 bits per heavy atom. The molecule has 0 atom stereocenters. The number of nitrogen functional groups attached to an aromatic ring is 1. The molecule has 0 spiro atoms. The van der Waals surface area contributed by atoms with Crippen LogP contribution < -0.4 is 11.3 Å². The van der Waals surface area contributed by atoms with Gasteiger partial charge >= 0.3 is 0 Å². The first-order valence-corrected chi connectivity index (χ1v) is 5.66. The van der Waals surface area contributed by atoms with Crippen LogP contribution in [0.25, 0.3) is 11.1 Å². The van der Waals surface area contributed by atoms with Crippen molar-refractivity contribution in [3.05, 3.63) is 51.1 Å². The Morgan fingerprint density at radius 2 is 1.90 bits per heavy atom. The number of aromatic nitrogens is 1. The second-order valence-electron chi connectivity index (χ2n) is 4.06. The average molecular weight is 278 g/mol. The van der Waals surface area contributed by atoms with Gasteiger partial charge in [-0.3, -0.25) is 4.79 Å². The summed E-state index contributed by atoms with van der Waals surface area (Å²) in [5, 5.41) is 18.2. The molecule has 1 aromatic carbocycles. The number of nitrogens with two attached hydrogens (primary N) is 1. The van der Waals surface area contributed by atoms with E-state index in [1.54, 1.807) is 12.1 Å².